The molecule has 0 radical (unpaired) electrons. The molecule has 268 valence electrons. The van der Waals surface area contributed by atoms with Crippen LogP contribution in [0.1, 0.15) is 43.2 Å². The molecule has 2 fully saturated rings. The Kier molecular flexibility index (Phi) is 12.6. The molecule has 2 saturated heterocycles. The summed E-state index contributed by atoms with van der Waals surface area (Å²) in [6.45, 7) is 3.55. The van der Waals surface area contributed by atoms with Gasteiger partial charge in [-0.2, -0.15) is 0 Å². The number of likely N-dealkylation sites (tertiary alicyclic amines) is 2. The van der Waals surface area contributed by atoms with Gasteiger partial charge in [-0.15, -0.1) is 0 Å². The van der Waals surface area contributed by atoms with Gasteiger partial charge in [0.25, 0.3) is 0 Å². The first-order valence-electron chi connectivity index (χ1n) is 17.2. The normalized spacial score (nSPS) is 18.1. The van der Waals surface area contributed by atoms with Crippen molar-refractivity contribution in [2.45, 2.75) is 57.7 Å². The van der Waals surface area contributed by atoms with Crippen LogP contribution in [0.15, 0.2) is 60.7 Å². The van der Waals surface area contributed by atoms with Gasteiger partial charge in [-0.05, 0) is 92.6 Å². The second-order valence-corrected chi connectivity index (χ2v) is 13.4. The summed E-state index contributed by atoms with van der Waals surface area (Å²) in [5, 5.41) is 13.0. The molecule has 1 amide bonds. The Morgan fingerprint density at radius 1 is 0.980 bits per heavy atom. The maximum absolute atomic E-state index is 14.3. The molecule has 13 heteroatoms. The number of aliphatic carboxylic acids is 1. The number of anilines is 1. The van der Waals surface area contributed by atoms with Gasteiger partial charge in [-0.25, -0.2) is 9.37 Å². The predicted molar refractivity (Wildman–Crippen MR) is 196 cm³/mol. The molecular formula is C38H47FLiN5O6. The molecule has 51 heavy (non-hydrogen) atoms. The van der Waals surface area contributed by atoms with Crippen molar-refractivity contribution in [1.82, 2.24) is 19.4 Å². The molecule has 3 heterocycles. The van der Waals surface area contributed by atoms with Crippen molar-refractivity contribution in [3.63, 3.8) is 0 Å². The number of benzene rings is 3. The number of imidazole rings is 1. The first-order valence-corrected chi connectivity index (χ1v) is 17.2. The Bertz CT molecular complexity index is 1790. The number of nitrogens with zero attached hydrogens (tertiary/aromatic N) is 4. The fourth-order valence-corrected chi connectivity index (χ4v) is 7.57. The number of ether oxygens (including phenoxy) is 3. The van der Waals surface area contributed by atoms with Crippen molar-refractivity contribution in [2.24, 2.45) is 5.41 Å². The summed E-state index contributed by atoms with van der Waals surface area (Å²) in [6.07, 6.45) is 4.67. The Balaban J connectivity index is 0.00000504. The van der Waals surface area contributed by atoms with Crippen LogP contribution in [0.25, 0.3) is 11.0 Å². The van der Waals surface area contributed by atoms with Crippen LogP contribution >= 0.6 is 0 Å². The van der Waals surface area contributed by atoms with Gasteiger partial charge in [0.1, 0.15) is 12.4 Å². The van der Waals surface area contributed by atoms with Crippen LogP contribution in [-0.4, -0.2) is 109 Å². The van der Waals surface area contributed by atoms with Crippen molar-refractivity contribution < 1.29 is 33.3 Å². The number of hydrogen-bond acceptors (Lipinski definition) is 8. The van der Waals surface area contributed by atoms with Gasteiger partial charge in [0, 0.05) is 32.2 Å². The number of methoxy groups -OCH3 is 3. The molecule has 2 N–H and O–H groups in total. The van der Waals surface area contributed by atoms with Crippen molar-refractivity contribution in [3.05, 3.63) is 77.6 Å². The maximum atomic E-state index is 14.3. The molecule has 0 spiro atoms. The fourth-order valence-electron chi connectivity index (χ4n) is 7.57. The van der Waals surface area contributed by atoms with Crippen LogP contribution in [0, 0.1) is 11.2 Å². The van der Waals surface area contributed by atoms with E-state index in [1.54, 1.807) is 38.0 Å². The molecular weight excluding hydrogens is 648 g/mol. The predicted octanol–water partition coefficient (Wildman–Crippen LogP) is 4.96. The van der Waals surface area contributed by atoms with E-state index in [4.69, 9.17) is 14.2 Å². The molecule has 0 saturated carbocycles. The van der Waals surface area contributed by atoms with Crippen molar-refractivity contribution >= 4 is 47.7 Å². The second kappa shape index (κ2) is 16.8. The van der Waals surface area contributed by atoms with E-state index in [1.165, 1.54) is 12.1 Å². The molecule has 2 aliphatic rings. The van der Waals surface area contributed by atoms with E-state index >= 15 is 0 Å². The van der Waals surface area contributed by atoms with Crippen LogP contribution in [-0.2, 0) is 29.1 Å². The van der Waals surface area contributed by atoms with Gasteiger partial charge in [0.2, 0.25) is 17.6 Å². The van der Waals surface area contributed by atoms with E-state index in [2.05, 4.69) is 15.2 Å². The number of piperidine rings is 1. The number of hydrogen-bond donors (Lipinski definition) is 2. The topological polar surface area (TPSA) is 118 Å². The van der Waals surface area contributed by atoms with Gasteiger partial charge in [-0.3, -0.25) is 14.2 Å². The van der Waals surface area contributed by atoms with E-state index in [-0.39, 0.29) is 43.2 Å². The number of para-hydroxylation sites is 2. The van der Waals surface area contributed by atoms with Crippen LogP contribution in [0.4, 0.5) is 10.3 Å². The van der Waals surface area contributed by atoms with Crippen molar-refractivity contribution in [2.75, 3.05) is 52.8 Å². The first kappa shape index (κ1) is 38.0. The molecule has 1 atom stereocenters. The monoisotopic (exact) mass is 695 g/mol. The van der Waals surface area contributed by atoms with Crippen LogP contribution in [0.3, 0.4) is 0 Å². The zero-order valence-electron chi connectivity index (χ0n) is 29.0. The fraction of sp³-hybridized carbons (Fsp3) is 0.447. The number of fused-ring (bicyclic) bond motifs is 1. The summed E-state index contributed by atoms with van der Waals surface area (Å²) >= 11 is 0. The number of carboxylic acids is 1. The SMILES string of the molecule is COc1cc(CN2CCC(CCCN3CCC(Nc4nc5ccccc5n4CC(=O)O)CC3)(Cc3ccc(F)cc3)C2=O)cc(OC)c1OC.[LiH]. The van der Waals surface area contributed by atoms with Gasteiger partial charge in [0.05, 0.1) is 37.8 Å². The first-order chi connectivity index (χ1) is 24.2. The zero-order valence-corrected chi connectivity index (χ0v) is 29.0. The summed E-state index contributed by atoms with van der Waals surface area (Å²) in [6, 6.07) is 18.0. The third-order valence-electron chi connectivity index (χ3n) is 10.2. The molecule has 3 aromatic carbocycles. The van der Waals surface area contributed by atoms with Crippen molar-refractivity contribution in [1.29, 1.82) is 0 Å². The number of rotatable bonds is 15. The van der Waals surface area contributed by atoms with E-state index in [0.29, 0.717) is 42.7 Å². The Morgan fingerprint density at radius 3 is 2.31 bits per heavy atom. The molecule has 2 aliphatic heterocycles. The Hall–Kier alpha value is -4.24. The quantitative estimate of drug-likeness (QED) is 0.167. The molecule has 0 bridgehead atoms. The Labute approximate surface area is 310 Å². The van der Waals surface area contributed by atoms with E-state index in [9.17, 15) is 19.1 Å². The van der Waals surface area contributed by atoms with Gasteiger partial charge in [0.15, 0.2) is 11.5 Å². The molecule has 11 nitrogen and oxygen atoms in total. The standard InChI is InChI=1S/C38H46FN5O6.Li.H/c1-48-32-21-27(22-33(49-2)35(32)50-3)24-43-20-16-38(36(43)47,23-26-9-11-28(39)12-10-26)15-6-17-42-18-13-29(14-19-42)40-37-41-30-7-4-5-8-31(30)44(37)25-34(45)46;;/h4-5,7-12,21-22,29H,6,13-20,23-25H2,1-3H3,(H,40,41)(H,45,46);;. The van der Waals surface area contributed by atoms with Gasteiger partial charge < -0.3 is 34.4 Å². The molecule has 1 unspecified atom stereocenters. The molecule has 1 aromatic heterocycles. The van der Waals surface area contributed by atoms with Crippen LogP contribution < -0.4 is 19.5 Å². The molecule has 0 aliphatic carbocycles. The van der Waals surface area contributed by atoms with E-state index in [1.807, 2.05) is 41.3 Å². The number of aromatic nitrogens is 2. The zero-order chi connectivity index (χ0) is 35.3. The summed E-state index contributed by atoms with van der Waals surface area (Å²) in [5.74, 6) is 1.10. The number of amides is 1. The number of halogens is 1. The number of carboxylic acid groups (broad SMARTS) is 1. The molecule has 4 aromatic rings. The minimum atomic E-state index is -0.909. The summed E-state index contributed by atoms with van der Waals surface area (Å²) in [7, 11) is 4.72. The number of nitrogens with one attached hydrogen (secondary N) is 1. The van der Waals surface area contributed by atoms with E-state index < -0.39 is 11.4 Å². The summed E-state index contributed by atoms with van der Waals surface area (Å²) in [4.78, 5) is 34.9. The van der Waals surface area contributed by atoms with Gasteiger partial charge >= 0.3 is 24.8 Å². The number of carbonyl (C=O) groups excluding carboxylic acids is 1. The number of carbonyl (C=O) groups is 2. The molecule has 6 rings (SSSR count). The summed E-state index contributed by atoms with van der Waals surface area (Å²) in [5.41, 5.74) is 2.83. The third-order valence-corrected chi connectivity index (χ3v) is 10.2. The van der Waals surface area contributed by atoms with Crippen LogP contribution in [0.2, 0.25) is 0 Å². The average Bonchev–Trinajstić information content (AvgIpc) is 3.61. The van der Waals surface area contributed by atoms with Gasteiger partial charge in [-0.1, -0.05) is 24.3 Å². The van der Waals surface area contributed by atoms with Crippen LogP contribution in [0.5, 0.6) is 17.2 Å². The third kappa shape index (κ3) is 8.63. The minimum absolute atomic E-state index is 0. The second-order valence-electron chi connectivity index (χ2n) is 13.4. The summed E-state index contributed by atoms with van der Waals surface area (Å²) < 4.78 is 32.1. The van der Waals surface area contributed by atoms with E-state index in [0.717, 1.165) is 73.9 Å². The van der Waals surface area contributed by atoms with Crippen molar-refractivity contribution in [3.8, 4) is 17.2 Å². The average molecular weight is 696 g/mol. The Morgan fingerprint density at radius 2 is 1.67 bits per heavy atom.